The summed E-state index contributed by atoms with van der Waals surface area (Å²) in [6, 6.07) is 12.4. The van der Waals surface area contributed by atoms with Gasteiger partial charge in [0.1, 0.15) is 0 Å². The zero-order chi connectivity index (χ0) is 15.5. The SMILES string of the molecule is CCOC(=O)C=Cc1ccc2c(c1)CCc1cc(Cl)ccc1-2. The summed E-state index contributed by atoms with van der Waals surface area (Å²) >= 11 is 6.07. The van der Waals surface area contributed by atoms with Crippen LogP contribution >= 0.6 is 11.6 Å². The highest BCUT2D eigenvalue weighted by atomic mass is 35.5. The van der Waals surface area contributed by atoms with Crippen molar-refractivity contribution < 1.29 is 9.53 Å². The lowest BCUT2D eigenvalue weighted by molar-refractivity contribution is -0.137. The molecule has 0 saturated heterocycles. The van der Waals surface area contributed by atoms with Crippen molar-refractivity contribution in [2.75, 3.05) is 6.61 Å². The first kappa shape index (κ1) is 14.9. The standard InChI is InChI=1S/C19H17ClO2/c1-2-22-19(21)10-4-13-3-8-17-14(11-13)5-6-15-12-16(20)7-9-18(15)17/h3-4,7-12H,2,5-6H2,1H3. The van der Waals surface area contributed by atoms with Crippen LogP contribution < -0.4 is 0 Å². The molecule has 112 valence electrons. The van der Waals surface area contributed by atoms with Crippen molar-refractivity contribution in [1.29, 1.82) is 0 Å². The van der Waals surface area contributed by atoms with Gasteiger partial charge < -0.3 is 4.74 Å². The summed E-state index contributed by atoms with van der Waals surface area (Å²) in [5.74, 6) is -0.305. The molecule has 0 N–H and O–H groups in total. The molecule has 0 heterocycles. The molecule has 2 aromatic carbocycles. The number of halogens is 1. The van der Waals surface area contributed by atoms with Crippen LogP contribution in [0.2, 0.25) is 5.02 Å². The molecule has 0 bridgehead atoms. The Morgan fingerprint density at radius 2 is 1.82 bits per heavy atom. The highest BCUT2D eigenvalue weighted by Gasteiger charge is 2.16. The number of carbonyl (C=O) groups excluding carboxylic acids is 1. The molecule has 2 nitrogen and oxygen atoms in total. The Morgan fingerprint density at radius 3 is 2.55 bits per heavy atom. The number of benzene rings is 2. The quantitative estimate of drug-likeness (QED) is 0.607. The number of fused-ring (bicyclic) bond motifs is 3. The van der Waals surface area contributed by atoms with E-state index in [1.807, 2.05) is 18.2 Å². The van der Waals surface area contributed by atoms with Gasteiger partial charge in [0.05, 0.1) is 6.61 Å². The Kier molecular flexibility index (Phi) is 4.30. The van der Waals surface area contributed by atoms with Gasteiger partial charge in [-0.2, -0.15) is 0 Å². The van der Waals surface area contributed by atoms with Crippen LogP contribution in [0, 0.1) is 0 Å². The van der Waals surface area contributed by atoms with Gasteiger partial charge in [-0.05, 0) is 65.8 Å². The molecule has 0 atom stereocenters. The van der Waals surface area contributed by atoms with Gasteiger partial charge in [-0.15, -0.1) is 0 Å². The highest BCUT2D eigenvalue weighted by molar-refractivity contribution is 6.30. The van der Waals surface area contributed by atoms with Gasteiger partial charge in [-0.1, -0.05) is 35.9 Å². The van der Waals surface area contributed by atoms with Crippen LogP contribution in [-0.4, -0.2) is 12.6 Å². The first-order valence-corrected chi connectivity index (χ1v) is 7.81. The fourth-order valence-electron chi connectivity index (χ4n) is 2.84. The second kappa shape index (κ2) is 6.37. The Labute approximate surface area is 135 Å². The molecule has 0 aromatic heterocycles. The summed E-state index contributed by atoms with van der Waals surface area (Å²) in [7, 11) is 0. The number of aryl methyl sites for hydroxylation is 2. The first-order valence-electron chi connectivity index (χ1n) is 7.44. The average molecular weight is 313 g/mol. The Hall–Kier alpha value is -2.06. The van der Waals surface area contributed by atoms with E-state index in [-0.39, 0.29) is 5.97 Å². The van der Waals surface area contributed by atoms with E-state index in [0.29, 0.717) is 6.61 Å². The Bertz CT molecular complexity index is 747. The third kappa shape index (κ3) is 3.07. The van der Waals surface area contributed by atoms with Gasteiger partial charge in [0, 0.05) is 11.1 Å². The van der Waals surface area contributed by atoms with Gasteiger partial charge in [-0.25, -0.2) is 4.79 Å². The first-order chi connectivity index (χ1) is 10.7. The van der Waals surface area contributed by atoms with Crippen LogP contribution in [0.3, 0.4) is 0 Å². The van der Waals surface area contributed by atoms with Crippen molar-refractivity contribution >= 4 is 23.6 Å². The van der Waals surface area contributed by atoms with Gasteiger partial charge in [0.2, 0.25) is 0 Å². The molecular weight excluding hydrogens is 296 g/mol. The lowest BCUT2D eigenvalue weighted by Gasteiger charge is -2.20. The third-order valence-corrected chi connectivity index (χ3v) is 4.08. The number of hydrogen-bond acceptors (Lipinski definition) is 2. The third-order valence-electron chi connectivity index (χ3n) is 3.85. The minimum atomic E-state index is -0.305. The smallest absolute Gasteiger partial charge is 0.330 e. The summed E-state index contributed by atoms with van der Waals surface area (Å²) in [6.45, 7) is 2.20. The molecule has 0 radical (unpaired) electrons. The molecule has 3 rings (SSSR count). The zero-order valence-electron chi connectivity index (χ0n) is 12.4. The van der Waals surface area contributed by atoms with E-state index in [2.05, 4.69) is 18.2 Å². The zero-order valence-corrected chi connectivity index (χ0v) is 13.2. The molecule has 2 aromatic rings. The summed E-state index contributed by atoms with van der Waals surface area (Å²) in [4.78, 5) is 11.4. The predicted octanol–water partition coefficient (Wildman–Crippen LogP) is 4.68. The molecule has 22 heavy (non-hydrogen) atoms. The fourth-order valence-corrected chi connectivity index (χ4v) is 3.04. The summed E-state index contributed by atoms with van der Waals surface area (Å²) < 4.78 is 4.90. The van der Waals surface area contributed by atoms with Gasteiger partial charge in [0.25, 0.3) is 0 Å². The van der Waals surface area contributed by atoms with Crippen molar-refractivity contribution in [3.63, 3.8) is 0 Å². The number of esters is 1. The highest BCUT2D eigenvalue weighted by Crippen LogP contribution is 2.35. The van der Waals surface area contributed by atoms with Crippen molar-refractivity contribution in [2.24, 2.45) is 0 Å². The predicted molar refractivity (Wildman–Crippen MR) is 90.0 cm³/mol. The van der Waals surface area contributed by atoms with E-state index in [1.165, 1.54) is 28.3 Å². The molecule has 1 aliphatic rings. The Morgan fingerprint density at radius 1 is 1.14 bits per heavy atom. The second-order valence-corrected chi connectivity index (χ2v) is 5.74. The molecule has 1 aliphatic carbocycles. The van der Waals surface area contributed by atoms with E-state index in [0.717, 1.165) is 23.4 Å². The molecular formula is C19H17ClO2. The van der Waals surface area contributed by atoms with E-state index >= 15 is 0 Å². The van der Waals surface area contributed by atoms with Crippen LogP contribution in [0.5, 0.6) is 0 Å². The van der Waals surface area contributed by atoms with Crippen molar-refractivity contribution in [3.8, 4) is 11.1 Å². The maximum atomic E-state index is 11.4. The second-order valence-electron chi connectivity index (χ2n) is 5.30. The largest absolute Gasteiger partial charge is 0.463 e. The molecule has 3 heteroatoms. The lowest BCUT2D eigenvalue weighted by Crippen LogP contribution is -2.04. The van der Waals surface area contributed by atoms with E-state index in [9.17, 15) is 4.79 Å². The van der Waals surface area contributed by atoms with Crippen molar-refractivity contribution in [2.45, 2.75) is 19.8 Å². The number of ether oxygens (including phenoxy) is 1. The molecule has 0 aliphatic heterocycles. The summed E-state index contributed by atoms with van der Waals surface area (Å²) in [5.41, 5.74) is 6.14. The number of carbonyl (C=O) groups is 1. The maximum Gasteiger partial charge on any atom is 0.330 e. The topological polar surface area (TPSA) is 26.3 Å². The minimum absolute atomic E-state index is 0.305. The number of hydrogen-bond donors (Lipinski definition) is 0. The normalized spacial score (nSPS) is 12.8. The Balaban J connectivity index is 1.90. The van der Waals surface area contributed by atoms with E-state index in [4.69, 9.17) is 16.3 Å². The summed E-state index contributed by atoms with van der Waals surface area (Å²) in [6.07, 6.45) is 5.26. The van der Waals surface area contributed by atoms with Crippen molar-refractivity contribution in [3.05, 3.63) is 64.2 Å². The average Bonchev–Trinajstić information content (AvgIpc) is 2.52. The van der Waals surface area contributed by atoms with Gasteiger partial charge >= 0.3 is 5.97 Å². The van der Waals surface area contributed by atoms with E-state index < -0.39 is 0 Å². The van der Waals surface area contributed by atoms with Gasteiger partial charge in [0.15, 0.2) is 0 Å². The monoisotopic (exact) mass is 312 g/mol. The molecule has 0 amide bonds. The molecule has 0 saturated carbocycles. The molecule has 0 fully saturated rings. The maximum absolute atomic E-state index is 11.4. The van der Waals surface area contributed by atoms with Crippen LogP contribution in [-0.2, 0) is 22.4 Å². The molecule has 0 unspecified atom stereocenters. The van der Waals surface area contributed by atoms with Crippen LogP contribution in [0.4, 0.5) is 0 Å². The minimum Gasteiger partial charge on any atom is -0.463 e. The number of rotatable bonds is 3. The van der Waals surface area contributed by atoms with E-state index in [1.54, 1.807) is 13.0 Å². The fraction of sp³-hybridized carbons (Fsp3) is 0.211. The lowest BCUT2D eigenvalue weighted by atomic mass is 9.85. The van der Waals surface area contributed by atoms with Crippen LogP contribution in [0.25, 0.3) is 17.2 Å². The van der Waals surface area contributed by atoms with Crippen molar-refractivity contribution in [1.82, 2.24) is 0 Å². The van der Waals surface area contributed by atoms with Gasteiger partial charge in [-0.3, -0.25) is 0 Å². The summed E-state index contributed by atoms with van der Waals surface area (Å²) in [5, 5.41) is 0.788. The molecule has 0 spiro atoms. The van der Waals surface area contributed by atoms with Crippen LogP contribution in [0.15, 0.2) is 42.5 Å². The van der Waals surface area contributed by atoms with Crippen LogP contribution in [0.1, 0.15) is 23.6 Å².